The predicted octanol–water partition coefficient (Wildman–Crippen LogP) is 0.442. The summed E-state index contributed by atoms with van der Waals surface area (Å²) in [7, 11) is 0. The number of nitrogens with zero attached hydrogens (tertiary/aromatic N) is 3. The number of rotatable bonds is 6. The van der Waals surface area contributed by atoms with Gasteiger partial charge in [-0.05, 0) is 12.1 Å². The minimum atomic E-state index is -1.28. The number of nitro groups is 1. The number of benzene rings is 1. The monoisotopic (exact) mass is 279 g/mol. The Kier molecular flexibility index (Phi) is 4.58. The predicted molar refractivity (Wildman–Crippen MR) is 65.3 cm³/mol. The molecule has 0 saturated heterocycles. The van der Waals surface area contributed by atoms with Crippen LogP contribution in [-0.2, 0) is 9.59 Å². The fourth-order valence-electron chi connectivity index (χ4n) is 1.53. The zero-order valence-electron chi connectivity index (χ0n) is 10.0. The molecule has 0 amide bonds. The van der Waals surface area contributed by atoms with Gasteiger partial charge in [-0.25, -0.2) is 0 Å². The van der Waals surface area contributed by atoms with Crippen molar-refractivity contribution in [3.8, 4) is 6.07 Å². The fraction of sp³-hybridized carbons (Fsp3) is 0.182. The van der Waals surface area contributed by atoms with E-state index in [1.165, 1.54) is 6.07 Å². The Labute approximate surface area is 112 Å². The average molecular weight is 279 g/mol. The van der Waals surface area contributed by atoms with Gasteiger partial charge in [0, 0.05) is 11.8 Å². The first kappa shape index (κ1) is 14.9. The van der Waals surface area contributed by atoms with Crippen molar-refractivity contribution < 1.29 is 24.7 Å². The van der Waals surface area contributed by atoms with Crippen molar-refractivity contribution >= 4 is 23.3 Å². The zero-order valence-corrected chi connectivity index (χ0v) is 10.0. The molecule has 2 N–H and O–H groups in total. The molecule has 0 saturated carbocycles. The number of carboxylic acid groups (broad SMARTS) is 2. The minimum Gasteiger partial charge on any atom is -0.480 e. The molecular formula is C11H9N3O6. The maximum atomic E-state index is 10.8. The summed E-state index contributed by atoms with van der Waals surface area (Å²) in [5.74, 6) is -2.56. The molecule has 0 heterocycles. The van der Waals surface area contributed by atoms with Crippen molar-refractivity contribution in [2.24, 2.45) is 0 Å². The Hall–Kier alpha value is -3.15. The van der Waals surface area contributed by atoms with Crippen LogP contribution in [0.1, 0.15) is 5.56 Å². The van der Waals surface area contributed by atoms with E-state index in [4.69, 9.17) is 15.5 Å². The number of anilines is 1. The van der Waals surface area contributed by atoms with Crippen LogP contribution in [-0.4, -0.2) is 40.2 Å². The lowest BCUT2D eigenvalue weighted by Gasteiger charge is -2.20. The highest BCUT2D eigenvalue weighted by Crippen LogP contribution is 2.25. The standard InChI is InChI=1S/C11H9N3O6/c12-4-7-1-2-8(3-9(7)14(19)20)13(5-10(15)16)6-11(17)18/h1-3H,5-6H2,(H,15,16)(H,17,18). The van der Waals surface area contributed by atoms with Crippen molar-refractivity contribution in [3.05, 3.63) is 33.9 Å². The Balaban J connectivity index is 3.23. The van der Waals surface area contributed by atoms with Gasteiger partial charge in [0.05, 0.1) is 4.92 Å². The lowest BCUT2D eigenvalue weighted by Crippen LogP contribution is -2.34. The van der Waals surface area contributed by atoms with Gasteiger partial charge >= 0.3 is 11.9 Å². The van der Waals surface area contributed by atoms with Crippen LogP contribution in [0.2, 0.25) is 0 Å². The molecule has 0 aliphatic rings. The summed E-state index contributed by atoms with van der Waals surface area (Å²) >= 11 is 0. The molecule has 0 aliphatic heterocycles. The third-order valence-electron chi connectivity index (χ3n) is 2.32. The number of carbonyl (C=O) groups is 2. The Morgan fingerprint density at radius 3 is 2.25 bits per heavy atom. The molecule has 9 nitrogen and oxygen atoms in total. The van der Waals surface area contributed by atoms with Gasteiger partial charge in [0.25, 0.3) is 5.69 Å². The van der Waals surface area contributed by atoms with E-state index in [-0.39, 0.29) is 11.3 Å². The first-order valence-corrected chi connectivity index (χ1v) is 5.22. The lowest BCUT2D eigenvalue weighted by molar-refractivity contribution is -0.385. The first-order valence-electron chi connectivity index (χ1n) is 5.22. The number of carboxylic acids is 2. The molecule has 0 atom stereocenters. The molecule has 1 aromatic carbocycles. The van der Waals surface area contributed by atoms with Gasteiger partial charge < -0.3 is 15.1 Å². The molecule has 0 spiro atoms. The van der Waals surface area contributed by atoms with Crippen LogP contribution in [0.4, 0.5) is 11.4 Å². The SMILES string of the molecule is N#Cc1ccc(N(CC(=O)O)CC(=O)O)cc1[N+](=O)[O-]. The molecule has 9 heteroatoms. The maximum Gasteiger partial charge on any atom is 0.323 e. The Bertz CT molecular complexity index is 591. The highest BCUT2D eigenvalue weighted by molar-refractivity contribution is 5.80. The number of nitriles is 1. The number of hydrogen-bond donors (Lipinski definition) is 2. The van der Waals surface area contributed by atoms with Crippen LogP contribution >= 0.6 is 0 Å². The molecular weight excluding hydrogens is 270 g/mol. The van der Waals surface area contributed by atoms with E-state index in [2.05, 4.69) is 0 Å². The van der Waals surface area contributed by atoms with Gasteiger partial charge in [-0.1, -0.05) is 0 Å². The summed E-state index contributed by atoms with van der Waals surface area (Å²) in [6, 6.07) is 5.01. The first-order chi connectivity index (χ1) is 9.35. The van der Waals surface area contributed by atoms with Crippen LogP contribution in [0, 0.1) is 21.4 Å². The third kappa shape index (κ3) is 3.67. The molecule has 104 valence electrons. The van der Waals surface area contributed by atoms with Crippen LogP contribution in [0.5, 0.6) is 0 Å². The van der Waals surface area contributed by atoms with Crippen LogP contribution < -0.4 is 4.90 Å². The topological polar surface area (TPSA) is 145 Å². The van der Waals surface area contributed by atoms with Crippen molar-refractivity contribution in [1.82, 2.24) is 0 Å². The summed E-state index contributed by atoms with van der Waals surface area (Å²) in [6.07, 6.45) is 0. The fourth-order valence-corrected chi connectivity index (χ4v) is 1.53. The van der Waals surface area contributed by atoms with Crippen molar-refractivity contribution in [1.29, 1.82) is 5.26 Å². The van der Waals surface area contributed by atoms with Gasteiger partial charge in [0.1, 0.15) is 24.7 Å². The van der Waals surface area contributed by atoms with Gasteiger partial charge in [-0.15, -0.1) is 0 Å². The molecule has 0 aromatic heterocycles. The van der Waals surface area contributed by atoms with Crippen molar-refractivity contribution in [3.63, 3.8) is 0 Å². The lowest BCUT2D eigenvalue weighted by atomic mass is 10.1. The van der Waals surface area contributed by atoms with E-state index in [1.54, 1.807) is 6.07 Å². The quantitative estimate of drug-likeness (QED) is 0.563. The summed E-state index contributed by atoms with van der Waals surface area (Å²) in [6.45, 7) is -1.26. The Morgan fingerprint density at radius 2 is 1.85 bits per heavy atom. The molecule has 0 unspecified atom stereocenters. The van der Waals surface area contributed by atoms with Crippen LogP contribution in [0.3, 0.4) is 0 Å². The summed E-state index contributed by atoms with van der Waals surface area (Å²) in [5, 5.41) is 37.0. The van der Waals surface area contributed by atoms with Crippen LogP contribution in [0.25, 0.3) is 0 Å². The number of aliphatic carboxylic acids is 2. The summed E-state index contributed by atoms with van der Waals surface area (Å²) in [4.78, 5) is 32.3. The minimum absolute atomic E-state index is 0.0421. The maximum absolute atomic E-state index is 10.8. The van der Waals surface area contributed by atoms with E-state index in [9.17, 15) is 19.7 Å². The molecule has 20 heavy (non-hydrogen) atoms. The second kappa shape index (κ2) is 6.14. The highest BCUT2D eigenvalue weighted by atomic mass is 16.6. The van der Waals surface area contributed by atoms with Crippen LogP contribution in [0.15, 0.2) is 18.2 Å². The third-order valence-corrected chi connectivity index (χ3v) is 2.32. The Morgan fingerprint density at radius 1 is 1.30 bits per heavy atom. The second-order valence-electron chi connectivity index (χ2n) is 3.71. The normalized spacial score (nSPS) is 9.55. The second-order valence-corrected chi connectivity index (χ2v) is 3.71. The van der Waals surface area contributed by atoms with Gasteiger partial charge in [-0.2, -0.15) is 5.26 Å². The van der Waals surface area contributed by atoms with E-state index < -0.39 is 35.6 Å². The summed E-state index contributed by atoms with van der Waals surface area (Å²) < 4.78 is 0. The molecule has 1 rings (SSSR count). The highest BCUT2D eigenvalue weighted by Gasteiger charge is 2.20. The van der Waals surface area contributed by atoms with E-state index in [0.717, 1.165) is 17.0 Å². The van der Waals surface area contributed by atoms with E-state index in [1.807, 2.05) is 0 Å². The van der Waals surface area contributed by atoms with Gasteiger partial charge in [0.2, 0.25) is 0 Å². The molecule has 1 aromatic rings. The van der Waals surface area contributed by atoms with Crippen molar-refractivity contribution in [2.75, 3.05) is 18.0 Å². The van der Waals surface area contributed by atoms with Gasteiger partial charge in [0.15, 0.2) is 0 Å². The van der Waals surface area contributed by atoms with E-state index >= 15 is 0 Å². The van der Waals surface area contributed by atoms with E-state index in [0.29, 0.717) is 0 Å². The average Bonchev–Trinajstić information content (AvgIpc) is 2.36. The van der Waals surface area contributed by atoms with Crippen molar-refractivity contribution in [2.45, 2.75) is 0 Å². The smallest absolute Gasteiger partial charge is 0.323 e. The van der Waals surface area contributed by atoms with Gasteiger partial charge in [-0.3, -0.25) is 19.7 Å². The number of hydrogen-bond acceptors (Lipinski definition) is 6. The molecule has 0 radical (unpaired) electrons. The number of nitro benzene ring substituents is 1. The largest absolute Gasteiger partial charge is 0.480 e. The molecule has 0 bridgehead atoms. The molecule has 0 fully saturated rings. The summed E-state index contributed by atoms with van der Waals surface area (Å²) in [5.41, 5.74) is -0.657. The zero-order chi connectivity index (χ0) is 15.3. The molecule has 0 aliphatic carbocycles.